The Balaban J connectivity index is 1.79. The van der Waals surface area contributed by atoms with Gasteiger partial charge < -0.3 is 15.0 Å². The highest BCUT2D eigenvalue weighted by Gasteiger charge is 2.16. The third-order valence-corrected chi connectivity index (χ3v) is 4.53. The van der Waals surface area contributed by atoms with Gasteiger partial charge in [-0.2, -0.15) is 0 Å². The largest absolute Gasteiger partial charge is 0.455 e. The summed E-state index contributed by atoms with van der Waals surface area (Å²) in [6, 6.07) is 23.4. The molecule has 0 aliphatic rings. The highest BCUT2D eigenvalue weighted by Crippen LogP contribution is 2.29. The van der Waals surface area contributed by atoms with Crippen LogP contribution in [0.1, 0.15) is 34.6 Å². The molecule has 0 aliphatic heterocycles. The fourth-order valence-electron chi connectivity index (χ4n) is 2.96. The van der Waals surface area contributed by atoms with E-state index in [-0.39, 0.29) is 11.8 Å². The molecule has 0 bridgehead atoms. The van der Waals surface area contributed by atoms with Gasteiger partial charge in [0, 0.05) is 24.2 Å². The number of rotatable bonds is 7. The van der Waals surface area contributed by atoms with Crippen LogP contribution in [0.4, 0.5) is 5.69 Å². The van der Waals surface area contributed by atoms with E-state index in [0.29, 0.717) is 41.4 Å². The van der Waals surface area contributed by atoms with E-state index in [1.807, 2.05) is 56.3 Å². The van der Waals surface area contributed by atoms with E-state index >= 15 is 0 Å². The molecule has 0 saturated carbocycles. The SMILES string of the molecule is CCN(CC)C(=O)c1cccc(C(=O)Nc2ccccc2Oc2ccccc2)c1. The quantitative estimate of drug-likeness (QED) is 0.604. The molecule has 0 unspecified atom stereocenters. The van der Waals surface area contributed by atoms with Crippen LogP contribution in [0.15, 0.2) is 78.9 Å². The van der Waals surface area contributed by atoms with Gasteiger partial charge in [-0.1, -0.05) is 36.4 Å². The van der Waals surface area contributed by atoms with Gasteiger partial charge in [0.25, 0.3) is 11.8 Å². The molecule has 0 aromatic heterocycles. The molecule has 0 spiro atoms. The fraction of sp³-hybridized carbons (Fsp3) is 0.167. The topological polar surface area (TPSA) is 58.6 Å². The van der Waals surface area contributed by atoms with Crippen molar-refractivity contribution >= 4 is 17.5 Å². The molecule has 5 nitrogen and oxygen atoms in total. The Labute approximate surface area is 170 Å². The van der Waals surface area contributed by atoms with E-state index in [2.05, 4.69) is 5.32 Å². The molecular weight excluding hydrogens is 364 g/mol. The van der Waals surface area contributed by atoms with Crippen LogP contribution < -0.4 is 10.1 Å². The van der Waals surface area contributed by atoms with Crippen LogP contribution in [0.5, 0.6) is 11.5 Å². The first kappa shape index (κ1) is 20.1. The molecule has 0 heterocycles. The number of nitrogens with zero attached hydrogens (tertiary/aromatic N) is 1. The first-order valence-corrected chi connectivity index (χ1v) is 9.65. The van der Waals surface area contributed by atoms with Crippen molar-refractivity contribution in [2.75, 3.05) is 18.4 Å². The summed E-state index contributed by atoms with van der Waals surface area (Å²) in [7, 11) is 0. The number of anilines is 1. The van der Waals surface area contributed by atoms with Gasteiger partial charge in [0.15, 0.2) is 5.75 Å². The smallest absolute Gasteiger partial charge is 0.255 e. The summed E-state index contributed by atoms with van der Waals surface area (Å²) in [5.74, 6) is 0.837. The second-order valence-corrected chi connectivity index (χ2v) is 6.42. The van der Waals surface area contributed by atoms with E-state index in [1.54, 1.807) is 41.3 Å². The second-order valence-electron chi connectivity index (χ2n) is 6.42. The lowest BCUT2D eigenvalue weighted by atomic mass is 10.1. The summed E-state index contributed by atoms with van der Waals surface area (Å²) < 4.78 is 5.89. The molecule has 1 N–H and O–H groups in total. The molecule has 3 aromatic rings. The minimum absolute atomic E-state index is 0.0857. The fourth-order valence-corrected chi connectivity index (χ4v) is 2.96. The van der Waals surface area contributed by atoms with E-state index in [0.717, 1.165) is 0 Å². The van der Waals surface area contributed by atoms with Crippen molar-refractivity contribution in [2.24, 2.45) is 0 Å². The number of benzene rings is 3. The van der Waals surface area contributed by atoms with Crippen LogP contribution in [0.3, 0.4) is 0 Å². The standard InChI is InChI=1S/C24H24N2O3/c1-3-26(4-2)24(28)19-12-10-11-18(17-19)23(27)25-21-15-8-9-16-22(21)29-20-13-6-5-7-14-20/h5-17H,3-4H2,1-2H3,(H,25,27). The monoisotopic (exact) mass is 388 g/mol. The zero-order chi connectivity index (χ0) is 20.6. The molecule has 3 rings (SSSR count). The number of carbonyl (C=O) groups is 2. The van der Waals surface area contributed by atoms with Crippen LogP contribution in [-0.2, 0) is 0 Å². The van der Waals surface area contributed by atoms with Gasteiger partial charge in [-0.3, -0.25) is 9.59 Å². The van der Waals surface area contributed by atoms with Crippen LogP contribution in [0.25, 0.3) is 0 Å². The minimum atomic E-state index is -0.302. The van der Waals surface area contributed by atoms with Gasteiger partial charge in [0.2, 0.25) is 0 Å². The number of para-hydroxylation sites is 3. The van der Waals surface area contributed by atoms with Crippen molar-refractivity contribution < 1.29 is 14.3 Å². The summed E-state index contributed by atoms with van der Waals surface area (Å²) in [5, 5.41) is 2.88. The van der Waals surface area contributed by atoms with E-state index < -0.39 is 0 Å². The third-order valence-electron chi connectivity index (χ3n) is 4.53. The van der Waals surface area contributed by atoms with E-state index in [9.17, 15) is 9.59 Å². The van der Waals surface area contributed by atoms with Gasteiger partial charge in [0.1, 0.15) is 5.75 Å². The normalized spacial score (nSPS) is 10.3. The lowest BCUT2D eigenvalue weighted by Gasteiger charge is -2.19. The average molecular weight is 388 g/mol. The van der Waals surface area contributed by atoms with Gasteiger partial charge >= 0.3 is 0 Å². The Hall–Kier alpha value is -3.60. The number of ether oxygens (including phenoxy) is 1. The molecule has 0 fully saturated rings. The van der Waals surface area contributed by atoms with Crippen LogP contribution in [0, 0.1) is 0 Å². The molecule has 3 aromatic carbocycles. The van der Waals surface area contributed by atoms with Crippen LogP contribution in [-0.4, -0.2) is 29.8 Å². The summed E-state index contributed by atoms with van der Waals surface area (Å²) in [6.45, 7) is 5.11. The molecule has 2 amide bonds. The van der Waals surface area contributed by atoms with Crippen molar-refractivity contribution in [3.8, 4) is 11.5 Å². The molecule has 0 atom stereocenters. The summed E-state index contributed by atoms with van der Waals surface area (Å²) in [6.07, 6.45) is 0. The van der Waals surface area contributed by atoms with Crippen molar-refractivity contribution in [3.63, 3.8) is 0 Å². The Morgan fingerprint density at radius 3 is 2.21 bits per heavy atom. The zero-order valence-corrected chi connectivity index (χ0v) is 16.6. The maximum Gasteiger partial charge on any atom is 0.255 e. The minimum Gasteiger partial charge on any atom is -0.455 e. The Morgan fingerprint density at radius 2 is 1.48 bits per heavy atom. The van der Waals surface area contributed by atoms with Crippen LogP contribution >= 0.6 is 0 Å². The lowest BCUT2D eigenvalue weighted by molar-refractivity contribution is 0.0773. The predicted molar refractivity (Wildman–Crippen MR) is 115 cm³/mol. The number of hydrogen-bond donors (Lipinski definition) is 1. The van der Waals surface area contributed by atoms with E-state index in [1.165, 1.54) is 0 Å². The lowest BCUT2D eigenvalue weighted by Crippen LogP contribution is -2.30. The Morgan fingerprint density at radius 1 is 0.828 bits per heavy atom. The van der Waals surface area contributed by atoms with Gasteiger partial charge in [-0.05, 0) is 56.3 Å². The number of amides is 2. The molecule has 5 heteroatoms. The average Bonchev–Trinajstić information content (AvgIpc) is 2.76. The summed E-state index contributed by atoms with van der Waals surface area (Å²) >= 11 is 0. The molecule has 0 aliphatic carbocycles. The zero-order valence-electron chi connectivity index (χ0n) is 16.6. The predicted octanol–water partition coefficient (Wildman–Crippen LogP) is 5.21. The number of hydrogen-bond acceptors (Lipinski definition) is 3. The maximum absolute atomic E-state index is 12.8. The van der Waals surface area contributed by atoms with Gasteiger partial charge in [0.05, 0.1) is 5.69 Å². The third kappa shape index (κ3) is 5.02. The van der Waals surface area contributed by atoms with Crippen molar-refractivity contribution in [1.82, 2.24) is 4.90 Å². The number of carbonyl (C=O) groups excluding carboxylic acids is 2. The van der Waals surface area contributed by atoms with Crippen LogP contribution in [0.2, 0.25) is 0 Å². The van der Waals surface area contributed by atoms with Crippen molar-refractivity contribution in [3.05, 3.63) is 90.0 Å². The first-order chi connectivity index (χ1) is 14.1. The molecule has 0 radical (unpaired) electrons. The number of nitrogens with one attached hydrogen (secondary N) is 1. The summed E-state index contributed by atoms with van der Waals surface area (Å²) in [5.41, 5.74) is 1.47. The first-order valence-electron chi connectivity index (χ1n) is 9.65. The van der Waals surface area contributed by atoms with Gasteiger partial charge in [-0.15, -0.1) is 0 Å². The molecular formula is C24H24N2O3. The Bertz CT molecular complexity index is 982. The summed E-state index contributed by atoms with van der Waals surface area (Å²) in [4.78, 5) is 27.1. The van der Waals surface area contributed by atoms with Crippen molar-refractivity contribution in [2.45, 2.75) is 13.8 Å². The molecule has 0 saturated heterocycles. The molecule has 148 valence electrons. The van der Waals surface area contributed by atoms with Gasteiger partial charge in [-0.25, -0.2) is 0 Å². The second kappa shape index (κ2) is 9.55. The van der Waals surface area contributed by atoms with Crippen molar-refractivity contribution in [1.29, 1.82) is 0 Å². The highest BCUT2D eigenvalue weighted by atomic mass is 16.5. The maximum atomic E-state index is 12.8. The highest BCUT2D eigenvalue weighted by molar-refractivity contribution is 6.06. The Kier molecular flexibility index (Phi) is 6.63. The van der Waals surface area contributed by atoms with E-state index in [4.69, 9.17) is 4.74 Å². The molecule has 29 heavy (non-hydrogen) atoms.